The zero-order valence-electron chi connectivity index (χ0n) is 13.1. The van der Waals surface area contributed by atoms with Crippen LogP contribution in [0.3, 0.4) is 0 Å². The molecule has 126 valence electrons. The number of hydrogen-bond donors (Lipinski definition) is 1. The summed E-state index contributed by atoms with van der Waals surface area (Å²) < 4.78 is 35.4. The molecule has 0 unspecified atom stereocenters. The van der Waals surface area contributed by atoms with E-state index in [-0.39, 0.29) is 9.77 Å². The molecule has 0 amide bonds. The number of nitrogens with one attached hydrogen (secondary N) is 1. The Bertz CT molecular complexity index is 1050. The van der Waals surface area contributed by atoms with Crippen molar-refractivity contribution in [2.75, 3.05) is 11.3 Å². The topological polar surface area (TPSA) is 77.4 Å². The van der Waals surface area contributed by atoms with Crippen LogP contribution in [0.2, 0.25) is 0 Å². The molecule has 1 N–H and O–H groups in total. The Kier molecular flexibility index (Phi) is 4.33. The van der Waals surface area contributed by atoms with Gasteiger partial charge in [0, 0.05) is 7.05 Å². The minimum Gasteiger partial charge on any atom is -0.492 e. The molecule has 0 radical (unpaired) electrons. The van der Waals surface area contributed by atoms with E-state index in [0.717, 1.165) is 11.3 Å². The highest BCUT2D eigenvalue weighted by atomic mass is 32.2. The summed E-state index contributed by atoms with van der Waals surface area (Å²) in [6, 6.07) is 11.5. The van der Waals surface area contributed by atoms with Crippen LogP contribution in [0.1, 0.15) is 6.92 Å². The second-order valence-corrected chi connectivity index (χ2v) is 7.77. The summed E-state index contributed by atoms with van der Waals surface area (Å²) in [5, 5.41) is 0. The minimum atomic E-state index is -3.78. The van der Waals surface area contributed by atoms with Crippen LogP contribution in [0, 0.1) is 0 Å². The van der Waals surface area contributed by atoms with E-state index >= 15 is 0 Å². The molecule has 3 rings (SSSR count). The number of thiazole rings is 1. The smallest absolute Gasteiger partial charge is 0.307 e. The van der Waals surface area contributed by atoms with Gasteiger partial charge in [-0.25, -0.2) is 8.42 Å². The molecule has 0 spiro atoms. The van der Waals surface area contributed by atoms with Crippen molar-refractivity contribution < 1.29 is 13.2 Å². The second-order valence-electron chi connectivity index (χ2n) is 5.09. The molecule has 0 saturated heterocycles. The number of sulfonamides is 1. The zero-order chi connectivity index (χ0) is 17.3. The maximum Gasteiger partial charge on any atom is 0.307 e. The number of aromatic nitrogens is 1. The monoisotopic (exact) mass is 364 g/mol. The van der Waals surface area contributed by atoms with Crippen LogP contribution in [0.5, 0.6) is 5.75 Å². The first-order chi connectivity index (χ1) is 11.4. The van der Waals surface area contributed by atoms with Gasteiger partial charge < -0.3 is 9.30 Å². The standard InChI is InChI=1S/C16H16N2O4S2/c1-3-22-14-7-5-4-6-12(14)17-24(20,21)11-8-9-13-15(10-11)23-16(19)18(13)2/h4-10,17H,3H2,1-2H3. The number of rotatable bonds is 5. The lowest BCUT2D eigenvalue weighted by molar-refractivity contribution is 0.342. The van der Waals surface area contributed by atoms with Gasteiger partial charge in [-0.3, -0.25) is 9.52 Å². The highest BCUT2D eigenvalue weighted by Gasteiger charge is 2.18. The van der Waals surface area contributed by atoms with Crippen LogP contribution < -0.4 is 14.3 Å². The molecule has 0 aliphatic rings. The van der Waals surface area contributed by atoms with Crippen molar-refractivity contribution in [1.82, 2.24) is 4.57 Å². The average molecular weight is 364 g/mol. The molecular formula is C16H16N2O4S2. The lowest BCUT2D eigenvalue weighted by Crippen LogP contribution is -2.14. The quantitative estimate of drug-likeness (QED) is 0.755. The highest BCUT2D eigenvalue weighted by molar-refractivity contribution is 7.92. The molecule has 0 atom stereocenters. The molecule has 3 aromatic rings. The van der Waals surface area contributed by atoms with E-state index in [1.54, 1.807) is 37.4 Å². The van der Waals surface area contributed by atoms with E-state index in [1.807, 2.05) is 6.92 Å². The van der Waals surface area contributed by atoms with Gasteiger partial charge in [0.1, 0.15) is 5.75 Å². The van der Waals surface area contributed by atoms with Crippen molar-refractivity contribution in [2.45, 2.75) is 11.8 Å². The Hall–Kier alpha value is -2.32. The molecule has 0 bridgehead atoms. The first-order valence-electron chi connectivity index (χ1n) is 7.26. The van der Waals surface area contributed by atoms with E-state index < -0.39 is 10.0 Å². The Morgan fingerprint density at radius 2 is 1.96 bits per heavy atom. The van der Waals surface area contributed by atoms with E-state index in [4.69, 9.17) is 4.74 Å². The lowest BCUT2D eigenvalue weighted by Gasteiger charge is -2.12. The fourth-order valence-corrected chi connectivity index (χ4v) is 4.41. The Balaban J connectivity index is 2.01. The summed E-state index contributed by atoms with van der Waals surface area (Å²) in [6.07, 6.45) is 0. The summed E-state index contributed by atoms with van der Waals surface area (Å²) in [5.41, 5.74) is 1.08. The van der Waals surface area contributed by atoms with Crippen LogP contribution in [-0.2, 0) is 17.1 Å². The third-order valence-electron chi connectivity index (χ3n) is 3.51. The van der Waals surface area contributed by atoms with Gasteiger partial charge in [-0.1, -0.05) is 23.5 Å². The average Bonchev–Trinajstić information content (AvgIpc) is 2.83. The van der Waals surface area contributed by atoms with Gasteiger partial charge in [0.05, 0.1) is 27.4 Å². The minimum absolute atomic E-state index is 0.100. The van der Waals surface area contributed by atoms with Crippen LogP contribution in [0.4, 0.5) is 5.69 Å². The maximum atomic E-state index is 12.6. The Labute approximate surface area is 143 Å². The highest BCUT2D eigenvalue weighted by Crippen LogP contribution is 2.28. The summed E-state index contributed by atoms with van der Waals surface area (Å²) >= 11 is 1.02. The molecule has 2 aromatic carbocycles. The van der Waals surface area contributed by atoms with Gasteiger partial charge in [-0.15, -0.1) is 0 Å². The molecule has 1 heterocycles. The van der Waals surface area contributed by atoms with Gasteiger partial charge in [-0.2, -0.15) is 0 Å². The molecule has 0 saturated carbocycles. The van der Waals surface area contributed by atoms with Crippen LogP contribution in [-0.4, -0.2) is 19.6 Å². The summed E-state index contributed by atoms with van der Waals surface area (Å²) in [5.74, 6) is 0.467. The van der Waals surface area contributed by atoms with Gasteiger partial charge in [0.25, 0.3) is 10.0 Å². The molecule has 8 heteroatoms. The number of fused-ring (bicyclic) bond motifs is 1. The summed E-state index contributed by atoms with van der Waals surface area (Å²) in [6.45, 7) is 2.26. The predicted octanol–water partition coefficient (Wildman–Crippen LogP) is 2.80. The van der Waals surface area contributed by atoms with Gasteiger partial charge in [0.15, 0.2) is 0 Å². The van der Waals surface area contributed by atoms with E-state index in [9.17, 15) is 13.2 Å². The number of hydrogen-bond acceptors (Lipinski definition) is 5. The Morgan fingerprint density at radius 1 is 1.21 bits per heavy atom. The van der Waals surface area contributed by atoms with Crippen molar-refractivity contribution >= 4 is 37.3 Å². The van der Waals surface area contributed by atoms with E-state index in [0.29, 0.717) is 28.3 Å². The number of aryl methyl sites for hydroxylation is 1. The zero-order valence-corrected chi connectivity index (χ0v) is 14.8. The number of para-hydroxylation sites is 2. The van der Waals surface area contributed by atoms with Crippen molar-refractivity contribution in [2.24, 2.45) is 7.05 Å². The van der Waals surface area contributed by atoms with E-state index in [1.165, 1.54) is 16.7 Å². The second kappa shape index (κ2) is 6.29. The fourth-order valence-electron chi connectivity index (χ4n) is 2.32. The summed E-state index contributed by atoms with van der Waals surface area (Å²) in [4.78, 5) is 11.7. The van der Waals surface area contributed by atoms with Gasteiger partial charge in [-0.05, 0) is 37.3 Å². The van der Waals surface area contributed by atoms with Crippen molar-refractivity contribution in [1.29, 1.82) is 0 Å². The van der Waals surface area contributed by atoms with E-state index in [2.05, 4.69) is 4.72 Å². The molecule has 0 fully saturated rings. The first-order valence-corrected chi connectivity index (χ1v) is 9.56. The summed E-state index contributed by atoms with van der Waals surface area (Å²) in [7, 11) is -2.13. The van der Waals surface area contributed by atoms with Crippen molar-refractivity contribution in [3.63, 3.8) is 0 Å². The Morgan fingerprint density at radius 3 is 2.71 bits per heavy atom. The largest absolute Gasteiger partial charge is 0.492 e. The molecule has 6 nitrogen and oxygen atoms in total. The fraction of sp³-hybridized carbons (Fsp3) is 0.188. The van der Waals surface area contributed by atoms with Gasteiger partial charge >= 0.3 is 4.87 Å². The van der Waals surface area contributed by atoms with Crippen LogP contribution in [0.25, 0.3) is 10.2 Å². The number of nitrogens with zero attached hydrogens (tertiary/aromatic N) is 1. The molecular weight excluding hydrogens is 348 g/mol. The third kappa shape index (κ3) is 3.02. The number of benzene rings is 2. The SMILES string of the molecule is CCOc1ccccc1NS(=O)(=O)c1ccc2c(c1)sc(=O)n2C. The number of anilines is 1. The predicted molar refractivity (Wildman–Crippen MR) is 95.5 cm³/mol. The molecule has 1 aromatic heterocycles. The van der Waals surface area contributed by atoms with Crippen molar-refractivity contribution in [3.8, 4) is 5.75 Å². The van der Waals surface area contributed by atoms with Gasteiger partial charge in [0.2, 0.25) is 0 Å². The first kappa shape index (κ1) is 16.5. The van der Waals surface area contributed by atoms with Crippen molar-refractivity contribution in [3.05, 3.63) is 52.1 Å². The normalized spacial score (nSPS) is 11.6. The molecule has 24 heavy (non-hydrogen) atoms. The molecule has 0 aliphatic heterocycles. The van der Waals surface area contributed by atoms with Crippen LogP contribution in [0.15, 0.2) is 52.2 Å². The lowest BCUT2D eigenvalue weighted by atomic mass is 10.3. The maximum absolute atomic E-state index is 12.6. The number of ether oxygens (including phenoxy) is 1. The third-order valence-corrected chi connectivity index (χ3v) is 5.86. The van der Waals surface area contributed by atoms with Crippen LogP contribution >= 0.6 is 11.3 Å². The molecule has 0 aliphatic carbocycles.